The van der Waals surface area contributed by atoms with Crippen LogP contribution in [0, 0.1) is 0 Å². The van der Waals surface area contributed by atoms with Crippen molar-refractivity contribution in [1.82, 2.24) is 4.90 Å². The van der Waals surface area contributed by atoms with Crippen molar-refractivity contribution in [2.45, 2.75) is 32.2 Å². The molecule has 4 heteroatoms. The molecule has 1 fully saturated rings. The lowest BCUT2D eigenvalue weighted by Crippen LogP contribution is -2.42. The topological polar surface area (TPSA) is 38.8 Å². The van der Waals surface area contributed by atoms with Gasteiger partial charge in [0.15, 0.2) is 11.5 Å². The molecule has 1 atom stereocenters. The molecule has 1 aliphatic heterocycles. The lowest BCUT2D eigenvalue weighted by atomic mass is 10.0. The third-order valence-electron chi connectivity index (χ3n) is 3.61. The van der Waals surface area contributed by atoms with E-state index in [9.17, 15) is 4.79 Å². The number of rotatable bonds is 7. The van der Waals surface area contributed by atoms with Crippen molar-refractivity contribution in [3.63, 3.8) is 0 Å². The average molecular weight is 277 g/mol. The molecule has 110 valence electrons. The van der Waals surface area contributed by atoms with Crippen molar-refractivity contribution in [1.29, 1.82) is 0 Å². The average Bonchev–Trinajstić information content (AvgIpc) is 2.50. The molecule has 1 unspecified atom stereocenters. The lowest BCUT2D eigenvalue weighted by molar-refractivity contribution is -0.113. The number of hydrogen-bond donors (Lipinski definition) is 0. The maximum Gasteiger partial charge on any atom is 0.161 e. The van der Waals surface area contributed by atoms with E-state index >= 15 is 0 Å². The Balaban J connectivity index is 1.84. The van der Waals surface area contributed by atoms with Crippen molar-refractivity contribution in [3.05, 3.63) is 24.3 Å². The summed E-state index contributed by atoms with van der Waals surface area (Å²) < 4.78 is 11.3. The molecule has 0 amide bonds. The van der Waals surface area contributed by atoms with E-state index in [-0.39, 0.29) is 6.04 Å². The van der Waals surface area contributed by atoms with E-state index in [1.807, 2.05) is 31.2 Å². The van der Waals surface area contributed by atoms with Gasteiger partial charge in [0, 0.05) is 6.54 Å². The number of likely N-dealkylation sites (tertiary alicyclic amines) is 1. The predicted octanol–water partition coefficient (Wildman–Crippen LogP) is 2.52. The van der Waals surface area contributed by atoms with Gasteiger partial charge in [-0.05, 0) is 38.4 Å². The largest absolute Gasteiger partial charge is 0.490 e. The summed E-state index contributed by atoms with van der Waals surface area (Å²) in [6.07, 6.45) is 4.35. The minimum absolute atomic E-state index is 0.0643. The van der Waals surface area contributed by atoms with Gasteiger partial charge in [0.2, 0.25) is 0 Å². The van der Waals surface area contributed by atoms with Gasteiger partial charge < -0.3 is 14.3 Å². The van der Waals surface area contributed by atoms with Gasteiger partial charge in [0.25, 0.3) is 0 Å². The van der Waals surface area contributed by atoms with Crippen molar-refractivity contribution >= 4 is 6.29 Å². The predicted molar refractivity (Wildman–Crippen MR) is 78.4 cm³/mol. The van der Waals surface area contributed by atoms with Gasteiger partial charge in [-0.15, -0.1) is 0 Å². The number of nitrogens with zero attached hydrogens (tertiary/aromatic N) is 1. The molecule has 2 rings (SSSR count). The van der Waals surface area contributed by atoms with Gasteiger partial charge in [-0.3, -0.25) is 4.90 Å². The van der Waals surface area contributed by atoms with Crippen LogP contribution in [0.1, 0.15) is 26.2 Å². The molecular formula is C16H23NO3. The SMILES string of the molecule is CCOc1ccccc1OCCN1CCCCC1C=O. The Bertz CT molecular complexity index is 422. The van der Waals surface area contributed by atoms with Crippen LogP contribution < -0.4 is 9.47 Å². The maximum absolute atomic E-state index is 11.0. The first-order valence-electron chi connectivity index (χ1n) is 7.39. The van der Waals surface area contributed by atoms with Crippen LogP contribution in [0.15, 0.2) is 24.3 Å². The highest BCUT2D eigenvalue weighted by atomic mass is 16.5. The molecule has 0 radical (unpaired) electrons. The Hall–Kier alpha value is -1.55. The first-order valence-corrected chi connectivity index (χ1v) is 7.39. The Labute approximate surface area is 120 Å². The molecule has 0 aromatic heterocycles. The molecule has 1 aromatic rings. The fourth-order valence-corrected chi connectivity index (χ4v) is 2.57. The van der Waals surface area contributed by atoms with E-state index in [0.29, 0.717) is 13.2 Å². The van der Waals surface area contributed by atoms with Crippen LogP contribution in [0.5, 0.6) is 11.5 Å². The molecule has 0 saturated carbocycles. The fraction of sp³-hybridized carbons (Fsp3) is 0.562. The molecule has 1 heterocycles. The highest BCUT2D eigenvalue weighted by molar-refractivity contribution is 5.57. The maximum atomic E-state index is 11.0. The Morgan fingerprint density at radius 3 is 2.70 bits per heavy atom. The monoisotopic (exact) mass is 277 g/mol. The van der Waals surface area contributed by atoms with Crippen LogP contribution in [0.3, 0.4) is 0 Å². The van der Waals surface area contributed by atoms with E-state index in [1.165, 1.54) is 6.42 Å². The molecule has 0 N–H and O–H groups in total. The molecule has 1 aliphatic rings. The first-order chi connectivity index (χ1) is 9.85. The number of aldehydes is 1. The van der Waals surface area contributed by atoms with E-state index in [0.717, 1.165) is 43.7 Å². The zero-order chi connectivity index (χ0) is 14.2. The third-order valence-corrected chi connectivity index (χ3v) is 3.61. The number of hydrogen-bond acceptors (Lipinski definition) is 4. The second kappa shape index (κ2) is 7.90. The number of para-hydroxylation sites is 2. The van der Waals surface area contributed by atoms with Gasteiger partial charge in [0.05, 0.1) is 12.6 Å². The summed E-state index contributed by atoms with van der Waals surface area (Å²) in [5, 5.41) is 0. The van der Waals surface area contributed by atoms with Crippen LogP contribution in [0.25, 0.3) is 0 Å². The lowest BCUT2D eigenvalue weighted by Gasteiger charge is -2.31. The van der Waals surface area contributed by atoms with E-state index in [4.69, 9.17) is 9.47 Å². The summed E-state index contributed by atoms with van der Waals surface area (Å²) in [5.74, 6) is 1.55. The number of carbonyl (C=O) groups excluding carboxylic acids is 1. The fourth-order valence-electron chi connectivity index (χ4n) is 2.57. The third kappa shape index (κ3) is 3.97. The minimum atomic E-state index is 0.0643. The highest BCUT2D eigenvalue weighted by Crippen LogP contribution is 2.26. The van der Waals surface area contributed by atoms with Gasteiger partial charge in [0.1, 0.15) is 12.9 Å². The van der Waals surface area contributed by atoms with Crippen molar-refractivity contribution in [3.8, 4) is 11.5 Å². The Kier molecular flexibility index (Phi) is 5.87. The molecule has 1 saturated heterocycles. The smallest absolute Gasteiger partial charge is 0.161 e. The zero-order valence-corrected chi connectivity index (χ0v) is 12.1. The van der Waals surface area contributed by atoms with Crippen LogP contribution in [-0.4, -0.2) is 43.5 Å². The first kappa shape index (κ1) is 14.9. The van der Waals surface area contributed by atoms with Crippen molar-refractivity contribution < 1.29 is 14.3 Å². The van der Waals surface area contributed by atoms with Crippen molar-refractivity contribution in [2.24, 2.45) is 0 Å². The zero-order valence-electron chi connectivity index (χ0n) is 12.1. The van der Waals surface area contributed by atoms with Crippen molar-refractivity contribution in [2.75, 3.05) is 26.3 Å². The number of benzene rings is 1. The number of piperidine rings is 1. The number of ether oxygens (including phenoxy) is 2. The van der Waals surface area contributed by atoms with Crippen LogP contribution in [0.4, 0.5) is 0 Å². The molecule has 4 nitrogen and oxygen atoms in total. The Morgan fingerprint density at radius 2 is 2.00 bits per heavy atom. The van der Waals surface area contributed by atoms with Crippen LogP contribution in [0.2, 0.25) is 0 Å². The normalized spacial score (nSPS) is 19.6. The van der Waals surface area contributed by atoms with Gasteiger partial charge >= 0.3 is 0 Å². The molecule has 0 spiro atoms. The summed E-state index contributed by atoms with van der Waals surface area (Å²) in [6, 6.07) is 7.76. The quantitative estimate of drug-likeness (QED) is 0.718. The summed E-state index contributed by atoms with van der Waals surface area (Å²) in [6.45, 7) is 4.93. The summed E-state index contributed by atoms with van der Waals surface area (Å²) in [5.41, 5.74) is 0. The Morgan fingerprint density at radius 1 is 1.25 bits per heavy atom. The summed E-state index contributed by atoms with van der Waals surface area (Å²) in [4.78, 5) is 13.2. The molecule has 1 aromatic carbocycles. The molecule has 0 aliphatic carbocycles. The molecular weight excluding hydrogens is 254 g/mol. The standard InChI is InChI=1S/C16H23NO3/c1-2-19-15-8-3-4-9-16(15)20-12-11-17-10-6-5-7-14(17)13-18/h3-4,8-9,13-14H,2,5-7,10-12H2,1H3. The highest BCUT2D eigenvalue weighted by Gasteiger charge is 2.21. The summed E-state index contributed by atoms with van der Waals surface area (Å²) >= 11 is 0. The van der Waals surface area contributed by atoms with E-state index < -0.39 is 0 Å². The molecule has 20 heavy (non-hydrogen) atoms. The second-order valence-corrected chi connectivity index (χ2v) is 4.96. The van der Waals surface area contributed by atoms with E-state index in [2.05, 4.69) is 4.90 Å². The minimum Gasteiger partial charge on any atom is -0.490 e. The van der Waals surface area contributed by atoms with Crippen LogP contribution >= 0.6 is 0 Å². The van der Waals surface area contributed by atoms with Gasteiger partial charge in [-0.1, -0.05) is 18.6 Å². The van der Waals surface area contributed by atoms with Crippen LogP contribution in [-0.2, 0) is 4.79 Å². The van der Waals surface area contributed by atoms with E-state index in [1.54, 1.807) is 0 Å². The second-order valence-electron chi connectivity index (χ2n) is 4.96. The van der Waals surface area contributed by atoms with Gasteiger partial charge in [-0.2, -0.15) is 0 Å². The summed E-state index contributed by atoms with van der Waals surface area (Å²) in [7, 11) is 0. The van der Waals surface area contributed by atoms with Gasteiger partial charge in [-0.25, -0.2) is 0 Å². The number of carbonyl (C=O) groups is 1. The molecule has 0 bridgehead atoms.